The molecule has 2 heteroatoms. The minimum atomic E-state index is -1.43. The van der Waals surface area contributed by atoms with Gasteiger partial charge in [-0.05, 0) is 36.6 Å². The molecule has 0 aliphatic rings. The molecular weight excluding hydrogens is 260 g/mol. The van der Waals surface area contributed by atoms with Gasteiger partial charge in [-0.1, -0.05) is 42.3 Å². The van der Waals surface area contributed by atoms with Gasteiger partial charge in [0.05, 0.1) is 6.61 Å². The fourth-order valence-electron chi connectivity index (χ4n) is 2.74. The zero-order valence-corrected chi connectivity index (χ0v) is 12.7. The number of aryl methyl sites for hydroxylation is 2. The van der Waals surface area contributed by atoms with E-state index in [0.717, 1.165) is 22.3 Å². The second-order valence-electron chi connectivity index (χ2n) is 5.25. The number of methoxy groups -OCH3 is 1. The molecule has 0 aliphatic heterocycles. The van der Waals surface area contributed by atoms with Crippen LogP contribution in [0, 0.1) is 26.2 Å². The van der Waals surface area contributed by atoms with Gasteiger partial charge in [-0.2, -0.15) is 0 Å². The number of hydrogen-bond acceptors (Lipinski definition) is 2. The molecule has 21 heavy (non-hydrogen) atoms. The molecule has 0 spiro atoms. The van der Waals surface area contributed by atoms with Crippen LogP contribution in [0.3, 0.4) is 0 Å². The molecule has 0 bridgehead atoms. The number of ether oxygens (including phenoxy) is 1. The van der Waals surface area contributed by atoms with E-state index in [2.05, 4.69) is 5.92 Å². The summed E-state index contributed by atoms with van der Waals surface area (Å²) in [6.07, 6.45) is 5.70. The van der Waals surface area contributed by atoms with Gasteiger partial charge in [0.1, 0.15) is 0 Å². The summed E-state index contributed by atoms with van der Waals surface area (Å²) in [4.78, 5) is 0. The van der Waals surface area contributed by atoms with E-state index in [4.69, 9.17) is 11.2 Å². The standard InChI is InChI=1S/C19H20O2/c1-5-19(20,18-14(2)8-6-9-15(18)3)17-11-7-10-16(12-17)13-21-4/h1,6-12,20H,13H2,2-4H3. The highest BCUT2D eigenvalue weighted by atomic mass is 16.5. The quantitative estimate of drug-likeness (QED) is 0.871. The van der Waals surface area contributed by atoms with Gasteiger partial charge < -0.3 is 9.84 Å². The minimum absolute atomic E-state index is 0.487. The lowest BCUT2D eigenvalue weighted by atomic mass is 9.81. The van der Waals surface area contributed by atoms with E-state index in [0.29, 0.717) is 12.2 Å². The predicted molar refractivity (Wildman–Crippen MR) is 84.9 cm³/mol. The van der Waals surface area contributed by atoms with Gasteiger partial charge in [0.2, 0.25) is 0 Å². The van der Waals surface area contributed by atoms with E-state index in [1.807, 2.05) is 56.3 Å². The SMILES string of the molecule is C#CC(O)(c1cccc(COC)c1)c1c(C)cccc1C. The van der Waals surface area contributed by atoms with Crippen molar-refractivity contribution in [3.8, 4) is 12.3 Å². The normalized spacial score (nSPS) is 13.5. The summed E-state index contributed by atoms with van der Waals surface area (Å²) in [6, 6.07) is 13.5. The Hall–Kier alpha value is -2.08. The summed E-state index contributed by atoms with van der Waals surface area (Å²) in [7, 11) is 1.64. The van der Waals surface area contributed by atoms with Crippen LogP contribution in [0.5, 0.6) is 0 Å². The fraction of sp³-hybridized carbons (Fsp3) is 0.263. The Labute approximate surface area is 126 Å². The first kappa shape index (κ1) is 15.3. The molecule has 0 amide bonds. The largest absolute Gasteiger partial charge is 0.380 e. The van der Waals surface area contributed by atoms with Crippen molar-refractivity contribution in [1.29, 1.82) is 0 Å². The average molecular weight is 280 g/mol. The Balaban J connectivity index is 2.62. The topological polar surface area (TPSA) is 29.5 Å². The lowest BCUT2D eigenvalue weighted by Gasteiger charge is -2.27. The maximum absolute atomic E-state index is 11.1. The van der Waals surface area contributed by atoms with Crippen LogP contribution in [-0.4, -0.2) is 12.2 Å². The molecule has 1 N–H and O–H groups in total. The van der Waals surface area contributed by atoms with E-state index in [-0.39, 0.29) is 0 Å². The van der Waals surface area contributed by atoms with Crippen LogP contribution >= 0.6 is 0 Å². The third kappa shape index (κ3) is 2.85. The highest BCUT2D eigenvalue weighted by molar-refractivity contribution is 5.51. The Kier molecular flexibility index (Phi) is 4.47. The predicted octanol–water partition coefficient (Wildman–Crippen LogP) is 3.32. The molecule has 0 saturated heterocycles. The molecule has 0 saturated carbocycles. The summed E-state index contributed by atoms with van der Waals surface area (Å²) in [5.41, 5.74) is 2.98. The van der Waals surface area contributed by atoms with Gasteiger partial charge >= 0.3 is 0 Å². The van der Waals surface area contributed by atoms with Crippen LogP contribution in [0.2, 0.25) is 0 Å². The third-order valence-electron chi connectivity index (χ3n) is 3.71. The maximum atomic E-state index is 11.1. The molecule has 2 aromatic carbocycles. The lowest BCUT2D eigenvalue weighted by molar-refractivity contribution is 0.143. The second-order valence-corrected chi connectivity index (χ2v) is 5.25. The van der Waals surface area contributed by atoms with Crippen LogP contribution in [0.4, 0.5) is 0 Å². The van der Waals surface area contributed by atoms with Crippen molar-refractivity contribution in [2.24, 2.45) is 0 Å². The van der Waals surface area contributed by atoms with E-state index in [9.17, 15) is 5.11 Å². The molecule has 0 fully saturated rings. The molecule has 0 aliphatic carbocycles. The van der Waals surface area contributed by atoms with Crippen molar-refractivity contribution in [1.82, 2.24) is 0 Å². The second kappa shape index (κ2) is 6.13. The van der Waals surface area contributed by atoms with Gasteiger partial charge in [0.25, 0.3) is 0 Å². The van der Waals surface area contributed by atoms with Crippen molar-refractivity contribution in [3.05, 3.63) is 70.3 Å². The summed E-state index contributed by atoms with van der Waals surface area (Å²) >= 11 is 0. The first-order valence-corrected chi connectivity index (χ1v) is 6.88. The van der Waals surface area contributed by atoms with Gasteiger partial charge in [0.15, 0.2) is 5.60 Å². The molecule has 0 heterocycles. The van der Waals surface area contributed by atoms with E-state index < -0.39 is 5.60 Å². The Morgan fingerprint density at radius 1 is 1.14 bits per heavy atom. The number of terminal acetylenes is 1. The zero-order chi connectivity index (χ0) is 15.5. The highest BCUT2D eigenvalue weighted by Gasteiger charge is 2.32. The lowest BCUT2D eigenvalue weighted by Crippen LogP contribution is -2.27. The van der Waals surface area contributed by atoms with Crippen molar-refractivity contribution >= 4 is 0 Å². The molecule has 0 aromatic heterocycles. The third-order valence-corrected chi connectivity index (χ3v) is 3.71. The molecule has 2 aromatic rings. The molecule has 1 unspecified atom stereocenters. The number of benzene rings is 2. The minimum Gasteiger partial charge on any atom is -0.380 e. The average Bonchev–Trinajstić information content (AvgIpc) is 2.47. The Morgan fingerprint density at radius 3 is 2.33 bits per heavy atom. The van der Waals surface area contributed by atoms with Crippen LogP contribution in [0.1, 0.15) is 27.8 Å². The van der Waals surface area contributed by atoms with Gasteiger partial charge in [-0.15, -0.1) is 6.42 Å². The Morgan fingerprint density at radius 2 is 1.76 bits per heavy atom. The van der Waals surface area contributed by atoms with Gasteiger partial charge in [0, 0.05) is 18.2 Å². The smallest absolute Gasteiger partial charge is 0.177 e. The molecule has 2 rings (SSSR count). The summed E-state index contributed by atoms with van der Waals surface area (Å²) in [6.45, 7) is 4.41. The Bertz CT molecular complexity index is 662. The fourth-order valence-corrected chi connectivity index (χ4v) is 2.74. The van der Waals surface area contributed by atoms with Crippen molar-refractivity contribution in [2.75, 3.05) is 7.11 Å². The molecule has 1 atom stereocenters. The van der Waals surface area contributed by atoms with E-state index >= 15 is 0 Å². The van der Waals surface area contributed by atoms with Gasteiger partial charge in [-0.3, -0.25) is 0 Å². The van der Waals surface area contributed by atoms with Crippen molar-refractivity contribution < 1.29 is 9.84 Å². The first-order valence-electron chi connectivity index (χ1n) is 6.88. The van der Waals surface area contributed by atoms with Crippen LogP contribution in [0.25, 0.3) is 0 Å². The van der Waals surface area contributed by atoms with Gasteiger partial charge in [-0.25, -0.2) is 0 Å². The summed E-state index contributed by atoms with van der Waals surface area (Å²) in [5, 5.41) is 11.1. The monoisotopic (exact) mass is 280 g/mol. The molecule has 2 nitrogen and oxygen atoms in total. The summed E-state index contributed by atoms with van der Waals surface area (Å²) in [5.74, 6) is 2.58. The maximum Gasteiger partial charge on any atom is 0.177 e. The summed E-state index contributed by atoms with van der Waals surface area (Å²) < 4.78 is 5.15. The van der Waals surface area contributed by atoms with Crippen LogP contribution in [-0.2, 0) is 16.9 Å². The number of hydrogen-bond donors (Lipinski definition) is 1. The molecule has 108 valence electrons. The van der Waals surface area contributed by atoms with Crippen LogP contribution in [0.15, 0.2) is 42.5 Å². The van der Waals surface area contributed by atoms with E-state index in [1.165, 1.54) is 0 Å². The molecule has 0 radical (unpaired) electrons. The van der Waals surface area contributed by atoms with Crippen LogP contribution < -0.4 is 0 Å². The van der Waals surface area contributed by atoms with Crippen molar-refractivity contribution in [3.63, 3.8) is 0 Å². The first-order chi connectivity index (χ1) is 10.0. The number of rotatable bonds is 4. The van der Waals surface area contributed by atoms with E-state index in [1.54, 1.807) is 7.11 Å². The zero-order valence-electron chi connectivity index (χ0n) is 12.7. The van der Waals surface area contributed by atoms with Crippen molar-refractivity contribution in [2.45, 2.75) is 26.1 Å². The highest BCUT2D eigenvalue weighted by Crippen LogP contribution is 2.34. The number of aliphatic hydroxyl groups is 1. The molecular formula is C19H20O2.